The van der Waals surface area contributed by atoms with Gasteiger partial charge in [0.25, 0.3) is 0 Å². The molecule has 0 fully saturated rings. The number of benzene rings is 4. The number of ether oxygens (including phenoxy) is 5. The van der Waals surface area contributed by atoms with Gasteiger partial charge in [-0.25, -0.2) is 0 Å². The van der Waals surface area contributed by atoms with Gasteiger partial charge in [0.1, 0.15) is 5.75 Å². The smallest absolute Gasteiger partial charge is 0.204 e. The van der Waals surface area contributed by atoms with Gasteiger partial charge >= 0.3 is 0 Å². The molecular weight excluding hydrogens is 642 g/mol. The summed E-state index contributed by atoms with van der Waals surface area (Å²) >= 11 is 0. The van der Waals surface area contributed by atoms with Crippen LogP contribution in [0.25, 0.3) is 0 Å². The monoisotopic (exact) mass is 693 g/mol. The summed E-state index contributed by atoms with van der Waals surface area (Å²) in [5.74, 6) is 4.50. The molecule has 270 valence electrons. The molecule has 0 amide bonds. The number of rotatable bonds is 7. The maximum atomic E-state index is 11.6. The Bertz CT molecular complexity index is 1890. The van der Waals surface area contributed by atoms with E-state index < -0.39 is 0 Å². The summed E-state index contributed by atoms with van der Waals surface area (Å²) in [5, 5.41) is 11.6. The lowest BCUT2D eigenvalue weighted by Gasteiger charge is -2.37. The average molecular weight is 694 g/mol. The van der Waals surface area contributed by atoms with Crippen molar-refractivity contribution in [1.29, 1.82) is 0 Å². The number of fused-ring (bicyclic) bond motifs is 2. The van der Waals surface area contributed by atoms with E-state index >= 15 is 0 Å². The SMILES string of the molecule is CCN(CC)Cc1cc2cc(c1O)Oc1ccc(cc1)C[C@H]1c3cc(c(OC)cc3CCN1C)Oc1c(OC)c(OC)cc3c1[C@@H](C2)N(C)CC3. The first-order chi connectivity index (χ1) is 24.7. The van der Waals surface area contributed by atoms with Crippen LogP contribution in [0.15, 0.2) is 54.6 Å². The summed E-state index contributed by atoms with van der Waals surface area (Å²) in [6, 6.07) is 18.9. The Morgan fingerprint density at radius 3 is 2.10 bits per heavy atom. The number of nitrogens with zero attached hydrogens (tertiary/aromatic N) is 3. The van der Waals surface area contributed by atoms with Gasteiger partial charge in [0.2, 0.25) is 5.75 Å². The van der Waals surface area contributed by atoms with E-state index in [0.717, 1.165) is 67.7 Å². The molecule has 4 aliphatic rings. The first-order valence-corrected chi connectivity index (χ1v) is 18.2. The fraction of sp³-hybridized carbons (Fsp3) is 0.429. The Balaban J connectivity index is 1.46. The predicted molar refractivity (Wildman–Crippen MR) is 199 cm³/mol. The lowest BCUT2D eigenvalue weighted by Crippen LogP contribution is -2.34. The van der Waals surface area contributed by atoms with Crippen molar-refractivity contribution < 1.29 is 28.8 Å². The van der Waals surface area contributed by atoms with Crippen molar-refractivity contribution >= 4 is 0 Å². The number of phenolic OH excluding ortho intramolecular Hbond substituents is 1. The molecule has 0 saturated carbocycles. The van der Waals surface area contributed by atoms with Crippen molar-refractivity contribution in [2.75, 3.05) is 61.6 Å². The van der Waals surface area contributed by atoms with Crippen LogP contribution in [-0.4, -0.2) is 81.4 Å². The van der Waals surface area contributed by atoms with E-state index in [-0.39, 0.29) is 17.8 Å². The molecule has 0 aliphatic carbocycles. The lowest BCUT2D eigenvalue weighted by atomic mass is 9.87. The zero-order chi connectivity index (χ0) is 35.8. The molecule has 6 bridgehead atoms. The van der Waals surface area contributed by atoms with Gasteiger partial charge in [-0.3, -0.25) is 14.7 Å². The zero-order valence-electron chi connectivity index (χ0n) is 31.0. The fourth-order valence-corrected chi connectivity index (χ4v) is 8.08. The highest BCUT2D eigenvalue weighted by Crippen LogP contribution is 2.52. The molecule has 4 aromatic carbocycles. The van der Waals surface area contributed by atoms with Gasteiger partial charge in [0.15, 0.2) is 34.5 Å². The minimum absolute atomic E-state index is 0.0667. The Labute approximate surface area is 302 Å². The third kappa shape index (κ3) is 6.70. The van der Waals surface area contributed by atoms with Crippen molar-refractivity contribution in [1.82, 2.24) is 14.7 Å². The average Bonchev–Trinajstić information content (AvgIpc) is 3.14. The maximum absolute atomic E-state index is 11.6. The van der Waals surface area contributed by atoms with Gasteiger partial charge in [0, 0.05) is 42.8 Å². The first kappa shape index (κ1) is 35.0. The molecule has 0 saturated heterocycles. The predicted octanol–water partition coefficient (Wildman–Crippen LogP) is 7.70. The van der Waals surface area contributed by atoms with Crippen molar-refractivity contribution in [3.05, 3.63) is 93.5 Å². The molecule has 4 aromatic rings. The minimum Gasteiger partial charge on any atom is -0.504 e. The van der Waals surface area contributed by atoms with Crippen LogP contribution in [0, 0.1) is 0 Å². The largest absolute Gasteiger partial charge is 0.504 e. The fourth-order valence-electron chi connectivity index (χ4n) is 8.08. The van der Waals surface area contributed by atoms with Crippen LogP contribution < -0.4 is 23.7 Å². The molecule has 9 heteroatoms. The normalized spacial score (nSPS) is 18.7. The summed E-state index contributed by atoms with van der Waals surface area (Å²) in [4.78, 5) is 7.10. The van der Waals surface area contributed by atoms with Gasteiger partial charge < -0.3 is 28.8 Å². The number of hydrogen-bond acceptors (Lipinski definition) is 9. The van der Waals surface area contributed by atoms with Crippen LogP contribution in [0.3, 0.4) is 0 Å². The van der Waals surface area contributed by atoms with E-state index in [9.17, 15) is 5.11 Å². The zero-order valence-corrected chi connectivity index (χ0v) is 31.0. The first-order valence-electron chi connectivity index (χ1n) is 18.2. The summed E-state index contributed by atoms with van der Waals surface area (Å²) in [6.45, 7) is 8.47. The number of phenols is 1. The van der Waals surface area contributed by atoms with Crippen molar-refractivity contribution in [3.63, 3.8) is 0 Å². The Kier molecular flexibility index (Phi) is 10.1. The lowest BCUT2D eigenvalue weighted by molar-refractivity contribution is 0.220. The van der Waals surface area contributed by atoms with Gasteiger partial charge in [-0.05, 0) is 117 Å². The molecule has 4 aliphatic heterocycles. The van der Waals surface area contributed by atoms with Gasteiger partial charge in [-0.1, -0.05) is 32.0 Å². The van der Waals surface area contributed by atoms with Crippen LogP contribution in [0.5, 0.6) is 46.0 Å². The molecular formula is C42H51N3O6. The van der Waals surface area contributed by atoms with E-state index in [1.54, 1.807) is 21.3 Å². The Morgan fingerprint density at radius 1 is 0.745 bits per heavy atom. The van der Waals surface area contributed by atoms with Gasteiger partial charge in [0.05, 0.1) is 21.3 Å². The van der Waals surface area contributed by atoms with Gasteiger partial charge in [-0.15, -0.1) is 0 Å². The van der Waals surface area contributed by atoms with Crippen LogP contribution in [-0.2, 0) is 32.2 Å². The van der Waals surface area contributed by atoms with Crippen molar-refractivity contribution in [2.24, 2.45) is 0 Å². The Morgan fingerprint density at radius 2 is 1.41 bits per heavy atom. The summed E-state index contributed by atoms with van der Waals surface area (Å²) in [7, 11) is 9.40. The van der Waals surface area contributed by atoms with Crippen LogP contribution in [0.1, 0.15) is 64.9 Å². The van der Waals surface area contributed by atoms with E-state index in [2.05, 4.69) is 79.0 Å². The van der Waals surface area contributed by atoms with E-state index in [1.807, 2.05) is 18.2 Å². The topological polar surface area (TPSA) is 76.1 Å². The second-order valence-corrected chi connectivity index (χ2v) is 14.0. The summed E-state index contributed by atoms with van der Waals surface area (Å²) < 4.78 is 31.6. The third-order valence-corrected chi connectivity index (χ3v) is 11.1. The minimum atomic E-state index is -0.0667. The molecule has 4 heterocycles. The molecule has 8 rings (SSSR count). The van der Waals surface area contributed by atoms with Crippen molar-refractivity contribution in [3.8, 4) is 46.0 Å². The standard InChI is InChI=1S/C42H51N3O6/c1-8-45(9-2)25-30-18-27-20-34-39-29(15-17-44(34)4)23-38(48-6)41(49-7)42(39)51-36-24-32-28(22-35(36)47-5)14-16-43(3)33(32)19-26-10-12-31(13-11-26)50-37(21-27)40(30)46/h10-13,18,21-24,33-34,46H,8-9,14-17,19-20,25H2,1-7H3/t33-,34+/m0/s1. The van der Waals surface area contributed by atoms with Crippen LogP contribution in [0.4, 0.5) is 0 Å². The van der Waals surface area contributed by atoms with E-state index in [4.69, 9.17) is 23.7 Å². The highest BCUT2D eigenvalue weighted by atomic mass is 16.5. The maximum Gasteiger partial charge on any atom is 0.204 e. The molecule has 0 unspecified atom stereocenters. The van der Waals surface area contributed by atoms with E-state index in [1.165, 1.54) is 16.7 Å². The number of likely N-dealkylation sites (N-methyl/N-ethyl adjacent to an activating group) is 2. The van der Waals surface area contributed by atoms with E-state index in [0.29, 0.717) is 53.2 Å². The quantitative estimate of drug-likeness (QED) is 0.210. The molecule has 0 spiro atoms. The highest BCUT2D eigenvalue weighted by Gasteiger charge is 2.35. The molecule has 2 atom stereocenters. The molecule has 1 N–H and O–H groups in total. The third-order valence-electron chi connectivity index (χ3n) is 11.1. The second-order valence-electron chi connectivity index (χ2n) is 14.0. The molecule has 0 aromatic heterocycles. The summed E-state index contributed by atoms with van der Waals surface area (Å²) in [5.41, 5.74) is 7.82. The summed E-state index contributed by atoms with van der Waals surface area (Å²) in [6.07, 6.45) is 3.23. The van der Waals surface area contributed by atoms with Gasteiger partial charge in [-0.2, -0.15) is 0 Å². The molecule has 51 heavy (non-hydrogen) atoms. The number of methoxy groups -OCH3 is 3. The Hall–Kier alpha value is -4.44. The molecule has 0 radical (unpaired) electrons. The number of aromatic hydroxyl groups is 1. The number of hydrogen-bond donors (Lipinski definition) is 1. The van der Waals surface area contributed by atoms with Crippen molar-refractivity contribution in [2.45, 2.75) is 58.2 Å². The van der Waals surface area contributed by atoms with Crippen LogP contribution in [0.2, 0.25) is 0 Å². The second kappa shape index (κ2) is 14.7. The highest BCUT2D eigenvalue weighted by molar-refractivity contribution is 5.64. The van der Waals surface area contributed by atoms with Crippen LogP contribution >= 0.6 is 0 Å². The molecule has 9 nitrogen and oxygen atoms in total.